The summed E-state index contributed by atoms with van der Waals surface area (Å²) >= 11 is 0. The Morgan fingerprint density at radius 2 is 1.68 bits per heavy atom. The van der Waals surface area contributed by atoms with E-state index < -0.39 is 6.10 Å². The number of aliphatic hydroxyl groups excluding tert-OH is 1. The lowest BCUT2D eigenvalue weighted by Gasteiger charge is -2.26. The topological polar surface area (TPSA) is 32.3 Å². The van der Waals surface area contributed by atoms with Crippen LogP contribution in [0.25, 0.3) is 6.08 Å². The van der Waals surface area contributed by atoms with Crippen molar-refractivity contribution >= 4 is 6.08 Å². The summed E-state index contributed by atoms with van der Waals surface area (Å²) in [6.07, 6.45) is 3.63. The zero-order chi connectivity index (χ0) is 13.1. The Balaban J connectivity index is 1.71. The fourth-order valence-electron chi connectivity index (χ4n) is 2.45. The third-order valence-electron chi connectivity index (χ3n) is 3.52. The molecule has 0 fully saturated rings. The standard InChI is InChI=1S/C17H17NO/c19-17-15-9-5-4-8-14(15)10-11-16(17)18-12-13-6-2-1-3-7-13/h1-11,16-19H,12H2/t16-,17-/m1/s1. The molecule has 2 nitrogen and oxygen atoms in total. The van der Waals surface area contributed by atoms with Crippen molar-refractivity contribution in [3.63, 3.8) is 0 Å². The smallest absolute Gasteiger partial charge is 0.0984 e. The van der Waals surface area contributed by atoms with E-state index in [0.29, 0.717) is 0 Å². The van der Waals surface area contributed by atoms with Crippen LogP contribution < -0.4 is 5.32 Å². The van der Waals surface area contributed by atoms with Crippen molar-refractivity contribution in [2.24, 2.45) is 0 Å². The van der Waals surface area contributed by atoms with E-state index in [1.54, 1.807) is 0 Å². The molecule has 2 heteroatoms. The second-order valence-electron chi connectivity index (χ2n) is 4.83. The molecular formula is C17H17NO. The van der Waals surface area contributed by atoms with Gasteiger partial charge in [0.25, 0.3) is 0 Å². The first-order chi connectivity index (χ1) is 9.34. The van der Waals surface area contributed by atoms with E-state index in [0.717, 1.165) is 17.7 Å². The van der Waals surface area contributed by atoms with Gasteiger partial charge < -0.3 is 10.4 Å². The average molecular weight is 251 g/mol. The van der Waals surface area contributed by atoms with Crippen molar-refractivity contribution < 1.29 is 5.11 Å². The third-order valence-corrected chi connectivity index (χ3v) is 3.52. The van der Waals surface area contributed by atoms with Crippen LogP contribution in [0, 0.1) is 0 Å². The van der Waals surface area contributed by atoms with Crippen LogP contribution >= 0.6 is 0 Å². The lowest BCUT2D eigenvalue weighted by Crippen LogP contribution is -2.34. The molecule has 96 valence electrons. The van der Waals surface area contributed by atoms with Crippen LogP contribution in [0.15, 0.2) is 60.7 Å². The number of rotatable bonds is 3. The Bertz CT molecular complexity index is 577. The van der Waals surface area contributed by atoms with Crippen LogP contribution in [-0.4, -0.2) is 11.1 Å². The third kappa shape index (κ3) is 2.60. The van der Waals surface area contributed by atoms with E-state index in [4.69, 9.17) is 0 Å². The molecule has 0 saturated heterocycles. The van der Waals surface area contributed by atoms with E-state index in [-0.39, 0.29) is 6.04 Å². The zero-order valence-electron chi connectivity index (χ0n) is 10.7. The first-order valence-corrected chi connectivity index (χ1v) is 6.57. The number of nitrogens with one attached hydrogen (secondary N) is 1. The van der Waals surface area contributed by atoms with E-state index in [9.17, 15) is 5.11 Å². The Morgan fingerprint density at radius 1 is 0.947 bits per heavy atom. The SMILES string of the molecule is O[C@@H]1c2ccccc2C=C[C@H]1NCc1ccccc1. The largest absolute Gasteiger partial charge is 0.386 e. The predicted molar refractivity (Wildman–Crippen MR) is 77.5 cm³/mol. The minimum absolute atomic E-state index is 0.0323. The molecule has 0 aliphatic heterocycles. The highest BCUT2D eigenvalue weighted by atomic mass is 16.3. The van der Waals surface area contributed by atoms with Crippen molar-refractivity contribution in [3.8, 4) is 0 Å². The molecule has 0 heterocycles. The predicted octanol–water partition coefficient (Wildman–Crippen LogP) is 2.91. The average Bonchev–Trinajstić information content (AvgIpc) is 2.48. The number of hydrogen-bond acceptors (Lipinski definition) is 2. The summed E-state index contributed by atoms with van der Waals surface area (Å²) in [7, 11) is 0. The van der Waals surface area contributed by atoms with Crippen LogP contribution in [0.1, 0.15) is 22.8 Å². The highest BCUT2D eigenvalue weighted by molar-refractivity contribution is 5.58. The maximum absolute atomic E-state index is 10.4. The van der Waals surface area contributed by atoms with Gasteiger partial charge in [-0.25, -0.2) is 0 Å². The zero-order valence-corrected chi connectivity index (χ0v) is 10.7. The van der Waals surface area contributed by atoms with E-state index in [1.807, 2.05) is 48.5 Å². The fourth-order valence-corrected chi connectivity index (χ4v) is 2.45. The lowest BCUT2D eigenvalue weighted by molar-refractivity contribution is 0.145. The summed E-state index contributed by atoms with van der Waals surface area (Å²) in [6, 6.07) is 18.2. The molecule has 3 rings (SSSR count). The molecule has 1 aliphatic carbocycles. The number of benzene rings is 2. The van der Waals surface area contributed by atoms with Crippen LogP contribution in [0.4, 0.5) is 0 Å². The molecule has 19 heavy (non-hydrogen) atoms. The van der Waals surface area contributed by atoms with Crippen molar-refractivity contribution in [2.75, 3.05) is 0 Å². The van der Waals surface area contributed by atoms with Gasteiger partial charge in [-0.2, -0.15) is 0 Å². The van der Waals surface area contributed by atoms with Gasteiger partial charge in [0.05, 0.1) is 12.1 Å². The quantitative estimate of drug-likeness (QED) is 0.879. The Morgan fingerprint density at radius 3 is 2.53 bits per heavy atom. The first kappa shape index (κ1) is 12.2. The molecule has 0 bridgehead atoms. The van der Waals surface area contributed by atoms with Gasteiger partial charge in [-0.05, 0) is 16.7 Å². The number of hydrogen-bond donors (Lipinski definition) is 2. The highest BCUT2D eigenvalue weighted by Crippen LogP contribution is 2.27. The van der Waals surface area contributed by atoms with Gasteiger partial charge in [0.15, 0.2) is 0 Å². The fraction of sp³-hybridized carbons (Fsp3) is 0.176. The van der Waals surface area contributed by atoms with Gasteiger partial charge in [-0.15, -0.1) is 0 Å². The van der Waals surface area contributed by atoms with Crippen molar-refractivity contribution in [2.45, 2.75) is 18.7 Å². The maximum Gasteiger partial charge on any atom is 0.0984 e. The second-order valence-corrected chi connectivity index (χ2v) is 4.83. The Hall–Kier alpha value is -1.90. The summed E-state index contributed by atoms with van der Waals surface area (Å²) in [5, 5.41) is 13.8. The molecule has 0 unspecified atom stereocenters. The van der Waals surface area contributed by atoms with Gasteiger partial charge in [-0.3, -0.25) is 0 Å². The first-order valence-electron chi connectivity index (χ1n) is 6.57. The van der Waals surface area contributed by atoms with Crippen LogP contribution in [0.5, 0.6) is 0 Å². The monoisotopic (exact) mass is 251 g/mol. The van der Waals surface area contributed by atoms with Crippen molar-refractivity contribution in [1.29, 1.82) is 0 Å². The van der Waals surface area contributed by atoms with E-state index in [1.165, 1.54) is 5.56 Å². The summed E-state index contributed by atoms with van der Waals surface area (Å²) in [4.78, 5) is 0. The molecule has 2 N–H and O–H groups in total. The minimum Gasteiger partial charge on any atom is -0.386 e. The minimum atomic E-state index is -0.482. The second kappa shape index (κ2) is 5.39. The summed E-state index contributed by atoms with van der Waals surface area (Å²) in [5.41, 5.74) is 3.32. The van der Waals surface area contributed by atoms with Crippen LogP contribution in [-0.2, 0) is 6.54 Å². The molecule has 1 aliphatic rings. The molecule has 0 aromatic heterocycles. The lowest BCUT2D eigenvalue weighted by atomic mass is 9.91. The van der Waals surface area contributed by atoms with Gasteiger partial charge >= 0.3 is 0 Å². The van der Waals surface area contributed by atoms with Crippen LogP contribution in [0.2, 0.25) is 0 Å². The molecule has 2 atom stereocenters. The normalized spacial score (nSPS) is 21.1. The Labute approximate surface area is 113 Å². The van der Waals surface area contributed by atoms with Gasteiger partial charge in [0, 0.05) is 6.54 Å². The number of aliphatic hydroxyl groups is 1. The van der Waals surface area contributed by atoms with Crippen LogP contribution in [0.3, 0.4) is 0 Å². The molecular weight excluding hydrogens is 234 g/mol. The van der Waals surface area contributed by atoms with Gasteiger partial charge in [0.2, 0.25) is 0 Å². The molecule has 0 spiro atoms. The van der Waals surface area contributed by atoms with E-state index >= 15 is 0 Å². The van der Waals surface area contributed by atoms with E-state index in [2.05, 4.69) is 23.5 Å². The Kier molecular flexibility index (Phi) is 3.45. The molecule has 2 aromatic rings. The van der Waals surface area contributed by atoms with Crippen molar-refractivity contribution in [3.05, 3.63) is 77.4 Å². The summed E-state index contributed by atoms with van der Waals surface area (Å²) in [5.74, 6) is 0. The van der Waals surface area contributed by atoms with Gasteiger partial charge in [0.1, 0.15) is 0 Å². The summed E-state index contributed by atoms with van der Waals surface area (Å²) < 4.78 is 0. The maximum atomic E-state index is 10.4. The molecule has 2 aromatic carbocycles. The highest BCUT2D eigenvalue weighted by Gasteiger charge is 2.23. The summed E-state index contributed by atoms with van der Waals surface area (Å²) in [6.45, 7) is 0.759. The number of fused-ring (bicyclic) bond motifs is 1. The molecule has 0 radical (unpaired) electrons. The molecule has 0 amide bonds. The van der Waals surface area contributed by atoms with Gasteiger partial charge in [-0.1, -0.05) is 66.7 Å². The van der Waals surface area contributed by atoms with Crippen molar-refractivity contribution in [1.82, 2.24) is 5.32 Å². The molecule has 0 saturated carbocycles.